The van der Waals surface area contributed by atoms with Crippen molar-refractivity contribution in [2.75, 3.05) is 5.43 Å². The van der Waals surface area contributed by atoms with Crippen molar-refractivity contribution < 1.29 is 14.9 Å². The Labute approximate surface area is 128 Å². The van der Waals surface area contributed by atoms with Crippen molar-refractivity contribution in [3.63, 3.8) is 0 Å². The van der Waals surface area contributed by atoms with Crippen LogP contribution in [0.1, 0.15) is 11.1 Å². The highest BCUT2D eigenvalue weighted by Crippen LogP contribution is 2.40. The molecule has 22 heavy (non-hydrogen) atoms. The smallest absolute Gasteiger partial charge is 0.212 e. The molecule has 3 aromatic rings. The minimum absolute atomic E-state index is 0.0816. The van der Waals surface area contributed by atoms with Gasteiger partial charge < -0.3 is 15.1 Å². The summed E-state index contributed by atoms with van der Waals surface area (Å²) in [7, 11) is 0. The number of hydrogen-bond donors (Lipinski definition) is 3. The van der Waals surface area contributed by atoms with Crippen molar-refractivity contribution in [3.05, 3.63) is 53.6 Å². The van der Waals surface area contributed by atoms with Crippen molar-refractivity contribution in [1.29, 1.82) is 0 Å². The zero-order chi connectivity index (χ0) is 15.1. The average Bonchev–Trinajstić information content (AvgIpc) is 3.23. The second-order valence-electron chi connectivity index (χ2n) is 4.67. The number of furan rings is 1. The van der Waals surface area contributed by atoms with Crippen LogP contribution >= 0.6 is 11.8 Å². The third kappa shape index (κ3) is 2.16. The van der Waals surface area contributed by atoms with Gasteiger partial charge in [-0.25, -0.2) is 9.88 Å². The molecule has 9 heteroatoms. The van der Waals surface area contributed by atoms with Gasteiger partial charge in [0.1, 0.15) is 5.76 Å². The molecule has 3 heterocycles. The number of hydrogen-bond acceptors (Lipinski definition) is 7. The molecule has 0 spiro atoms. The van der Waals surface area contributed by atoms with Gasteiger partial charge in [0.05, 0.1) is 6.26 Å². The SMILES string of the molecule is [O-][NH+](O)c1cccc(-c2nnc3n2NC(c2ccco2)S3)c1. The van der Waals surface area contributed by atoms with Gasteiger partial charge in [0, 0.05) is 17.7 Å². The Hall–Kier alpha value is -2.33. The van der Waals surface area contributed by atoms with Gasteiger partial charge in [0.2, 0.25) is 5.16 Å². The molecule has 0 fully saturated rings. The minimum atomic E-state index is -0.973. The van der Waals surface area contributed by atoms with Gasteiger partial charge >= 0.3 is 0 Å². The Morgan fingerprint density at radius 2 is 2.23 bits per heavy atom. The van der Waals surface area contributed by atoms with Gasteiger partial charge in [-0.3, -0.25) is 0 Å². The first-order valence-corrected chi connectivity index (χ1v) is 7.36. The summed E-state index contributed by atoms with van der Waals surface area (Å²) in [6, 6.07) is 10.3. The van der Waals surface area contributed by atoms with E-state index >= 15 is 0 Å². The Kier molecular flexibility index (Phi) is 3.12. The quantitative estimate of drug-likeness (QED) is 0.625. The van der Waals surface area contributed by atoms with E-state index in [2.05, 4.69) is 15.6 Å². The van der Waals surface area contributed by atoms with Gasteiger partial charge in [-0.1, -0.05) is 12.1 Å². The maximum absolute atomic E-state index is 11.1. The number of nitrogens with one attached hydrogen (secondary N) is 2. The van der Waals surface area contributed by atoms with E-state index in [4.69, 9.17) is 9.62 Å². The number of thioether (sulfide) groups is 1. The summed E-state index contributed by atoms with van der Waals surface area (Å²) < 4.78 is 7.14. The Morgan fingerprint density at radius 1 is 1.32 bits per heavy atom. The van der Waals surface area contributed by atoms with Crippen LogP contribution in [0, 0.1) is 5.21 Å². The van der Waals surface area contributed by atoms with E-state index in [1.165, 1.54) is 11.8 Å². The lowest BCUT2D eigenvalue weighted by atomic mass is 10.2. The molecule has 2 aromatic heterocycles. The summed E-state index contributed by atoms with van der Waals surface area (Å²) in [5.41, 5.74) is 4.14. The molecule has 0 saturated heterocycles. The Bertz CT molecular complexity index is 802. The maximum atomic E-state index is 11.1. The molecular weight excluding hydrogens is 306 g/mol. The normalized spacial score (nSPS) is 18.0. The average molecular weight is 317 g/mol. The van der Waals surface area contributed by atoms with Crippen molar-refractivity contribution in [2.24, 2.45) is 0 Å². The number of rotatable bonds is 3. The summed E-state index contributed by atoms with van der Waals surface area (Å²) in [4.78, 5) is 0. The molecule has 0 aliphatic carbocycles. The van der Waals surface area contributed by atoms with E-state index in [0.717, 1.165) is 5.76 Å². The highest BCUT2D eigenvalue weighted by atomic mass is 32.2. The number of aromatic nitrogens is 3. The van der Waals surface area contributed by atoms with Crippen molar-refractivity contribution in [2.45, 2.75) is 10.5 Å². The zero-order valence-corrected chi connectivity index (χ0v) is 11.9. The van der Waals surface area contributed by atoms with Gasteiger partial charge in [0.15, 0.2) is 16.9 Å². The molecule has 3 N–H and O–H groups in total. The molecule has 0 saturated carbocycles. The van der Waals surface area contributed by atoms with Crippen LogP contribution in [0.2, 0.25) is 0 Å². The monoisotopic (exact) mass is 317 g/mol. The molecule has 8 nitrogen and oxygen atoms in total. The fourth-order valence-corrected chi connectivity index (χ4v) is 3.20. The summed E-state index contributed by atoms with van der Waals surface area (Å²) in [6.07, 6.45) is 1.62. The van der Waals surface area contributed by atoms with Gasteiger partial charge in [-0.15, -0.1) is 10.2 Å². The second kappa shape index (κ2) is 5.14. The summed E-state index contributed by atoms with van der Waals surface area (Å²) >= 11 is 1.49. The summed E-state index contributed by atoms with van der Waals surface area (Å²) in [5, 5.41) is 28.1. The third-order valence-corrected chi connectivity index (χ3v) is 4.32. The van der Waals surface area contributed by atoms with Gasteiger partial charge in [-0.05, 0) is 23.9 Å². The summed E-state index contributed by atoms with van der Waals surface area (Å²) in [6.45, 7) is 0. The van der Waals surface area contributed by atoms with E-state index in [1.54, 1.807) is 35.2 Å². The van der Waals surface area contributed by atoms with Crippen LogP contribution < -0.4 is 10.7 Å². The van der Waals surface area contributed by atoms with Crippen LogP contribution in [0.3, 0.4) is 0 Å². The van der Waals surface area contributed by atoms with Crippen LogP contribution in [-0.4, -0.2) is 20.1 Å². The molecule has 1 aliphatic rings. The topological polar surface area (TPSA) is 104 Å². The first kappa shape index (κ1) is 13.3. The minimum Gasteiger partial charge on any atom is -0.595 e. The van der Waals surface area contributed by atoms with E-state index in [1.807, 2.05) is 12.1 Å². The lowest BCUT2D eigenvalue weighted by Crippen LogP contribution is -2.99. The highest BCUT2D eigenvalue weighted by molar-refractivity contribution is 7.99. The fourth-order valence-electron chi connectivity index (χ4n) is 2.25. The predicted octanol–water partition coefficient (Wildman–Crippen LogP) is 1.29. The van der Waals surface area contributed by atoms with Crippen LogP contribution in [0.5, 0.6) is 0 Å². The second-order valence-corrected chi connectivity index (χ2v) is 5.74. The van der Waals surface area contributed by atoms with E-state index in [-0.39, 0.29) is 11.1 Å². The highest BCUT2D eigenvalue weighted by Gasteiger charge is 2.29. The zero-order valence-electron chi connectivity index (χ0n) is 11.1. The lowest BCUT2D eigenvalue weighted by molar-refractivity contribution is -0.991. The fraction of sp³-hybridized carbons (Fsp3) is 0.0769. The number of quaternary nitrogens is 1. The molecule has 2 atom stereocenters. The largest absolute Gasteiger partial charge is 0.595 e. The van der Waals surface area contributed by atoms with E-state index < -0.39 is 5.23 Å². The van der Waals surface area contributed by atoms with Crippen LogP contribution in [-0.2, 0) is 0 Å². The van der Waals surface area contributed by atoms with Crippen LogP contribution in [0.15, 0.2) is 52.2 Å². The van der Waals surface area contributed by atoms with Crippen molar-refractivity contribution in [3.8, 4) is 11.4 Å². The van der Waals surface area contributed by atoms with Gasteiger partial charge in [0.25, 0.3) is 0 Å². The first-order chi connectivity index (χ1) is 10.7. The summed E-state index contributed by atoms with van der Waals surface area (Å²) in [5.74, 6) is 1.36. The molecule has 0 bridgehead atoms. The molecule has 2 unspecified atom stereocenters. The molecule has 1 aliphatic heterocycles. The van der Waals surface area contributed by atoms with Crippen molar-refractivity contribution in [1.82, 2.24) is 14.9 Å². The molecule has 4 rings (SSSR count). The van der Waals surface area contributed by atoms with Crippen LogP contribution in [0.25, 0.3) is 11.4 Å². The Morgan fingerprint density at radius 3 is 3.00 bits per heavy atom. The number of benzene rings is 1. The lowest BCUT2D eigenvalue weighted by Gasteiger charge is -2.13. The number of fused-ring (bicyclic) bond motifs is 1. The van der Waals surface area contributed by atoms with Crippen LogP contribution in [0.4, 0.5) is 5.69 Å². The number of nitrogens with zero attached hydrogens (tertiary/aromatic N) is 3. The Balaban J connectivity index is 1.68. The first-order valence-electron chi connectivity index (χ1n) is 6.48. The maximum Gasteiger partial charge on any atom is 0.212 e. The molecule has 112 valence electrons. The van der Waals surface area contributed by atoms with Gasteiger partial charge in [-0.2, -0.15) is 5.23 Å². The standard InChI is InChI=1S/C13H11N5O3S/c19-18(20)9-4-1-3-8(7-9)11-14-15-13-17(11)16-12(22-13)10-5-2-6-21-10/h1-7,12,16,18-19H. The predicted molar refractivity (Wildman–Crippen MR) is 77.9 cm³/mol. The third-order valence-electron chi connectivity index (χ3n) is 3.27. The molecule has 0 amide bonds. The van der Waals surface area contributed by atoms with E-state index in [9.17, 15) is 5.21 Å². The molecular formula is C13H11N5O3S. The molecule has 1 aromatic carbocycles. The van der Waals surface area contributed by atoms with Crippen molar-refractivity contribution >= 4 is 17.4 Å². The molecule has 0 radical (unpaired) electrons. The van der Waals surface area contributed by atoms with E-state index in [0.29, 0.717) is 16.5 Å².